The Morgan fingerprint density at radius 1 is 1.25 bits per heavy atom. The van der Waals surface area contributed by atoms with Crippen molar-refractivity contribution in [2.24, 2.45) is 5.16 Å². The van der Waals surface area contributed by atoms with E-state index in [1.165, 1.54) is 0 Å². The molecule has 0 radical (unpaired) electrons. The number of benzene rings is 2. The summed E-state index contributed by atoms with van der Waals surface area (Å²) >= 11 is 0. The van der Waals surface area contributed by atoms with Gasteiger partial charge in [0, 0.05) is 5.69 Å². The van der Waals surface area contributed by atoms with Gasteiger partial charge < -0.3 is 14.9 Å². The Labute approximate surface area is 142 Å². The fraction of sp³-hybridized carbons (Fsp3) is 0.263. The monoisotopic (exact) mass is 326 g/mol. The van der Waals surface area contributed by atoms with Crippen molar-refractivity contribution in [2.75, 3.05) is 11.9 Å². The minimum atomic E-state index is -0.690. The third-order valence-corrected chi connectivity index (χ3v) is 3.27. The summed E-state index contributed by atoms with van der Waals surface area (Å²) in [6.45, 7) is 6.19. The first-order chi connectivity index (χ1) is 11.6. The van der Waals surface area contributed by atoms with Gasteiger partial charge in [0.05, 0.1) is 12.8 Å². The van der Waals surface area contributed by atoms with Crippen molar-refractivity contribution in [2.45, 2.75) is 26.9 Å². The summed E-state index contributed by atoms with van der Waals surface area (Å²) < 4.78 is 5.37. The number of hydrogen-bond acceptors (Lipinski definition) is 4. The summed E-state index contributed by atoms with van der Waals surface area (Å²) in [5.41, 5.74) is 2.69. The molecule has 0 fully saturated rings. The fourth-order valence-corrected chi connectivity index (χ4v) is 2.01. The van der Waals surface area contributed by atoms with Crippen molar-refractivity contribution in [1.82, 2.24) is 0 Å². The first-order valence-electron chi connectivity index (χ1n) is 7.88. The van der Waals surface area contributed by atoms with Crippen LogP contribution < -0.4 is 10.1 Å². The number of nitrogens with one attached hydrogen (secondary N) is 1. The van der Waals surface area contributed by atoms with E-state index in [9.17, 15) is 4.79 Å². The maximum absolute atomic E-state index is 12.1. The zero-order valence-corrected chi connectivity index (χ0v) is 14.2. The summed E-state index contributed by atoms with van der Waals surface area (Å²) in [5.74, 6) is 0.561. The lowest BCUT2D eigenvalue weighted by molar-refractivity contribution is -0.126. The molecule has 126 valence electrons. The zero-order chi connectivity index (χ0) is 17.4. The molecule has 5 heteroatoms. The van der Waals surface area contributed by atoms with Crippen LogP contribution in [0.3, 0.4) is 0 Å². The summed E-state index contributed by atoms with van der Waals surface area (Å²) in [6, 6.07) is 15.0. The zero-order valence-electron chi connectivity index (χ0n) is 14.2. The van der Waals surface area contributed by atoms with Gasteiger partial charge in [-0.3, -0.25) is 4.79 Å². The molecule has 5 nitrogen and oxygen atoms in total. The molecule has 1 atom stereocenters. The SMILES string of the molecule is CCOc1ccc(C=NO[C@H](C)C(=O)Nc2cccc(C)c2)cc1. The third-order valence-electron chi connectivity index (χ3n) is 3.27. The molecular weight excluding hydrogens is 304 g/mol. The first-order valence-corrected chi connectivity index (χ1v) is 7.88. The van der Waals surface area contributed by atoms with Crippen LogP contribution in [0.5, 0.6) is 5.75 Å². The van der Waals surface area contributed by atoms with E-state index in [0.717, 1.165) is 22.6 Å². The lowest BCUT2D eigenvalue weighted by Gasteiger charge is -2.10. The molecule has 0 aromatic heterocycles. The number of oxime groups is 1. The van der Waals surface area contributed by atoms with E-state index in [1.54, 1.807) is 13.1 Å². The van der Waals surface area contributed by atoms with E-state index in [-0.39, 0.29) is 5.91 Å². The van der Waals surface area contributed by atoms with E-state index in [2.05, 4.69) is 10.5 Å². The van der Waals surface area contributed by atoms with E-state index >= 15 is 0 Å². The Morgan fingerprint density at radius 2 is 2.00 bits per heavy atom. The molecule has 0 aliphatic heterocycles. The van der Waals surface area contributed by atoms with Gasteiger partial charge in [-0.05, 0) is 68.3 Å². The van der Waals surface area contributed by atoms with Crippen LogP contribution in [0.1, 0.15) is 25.0 Å². The maximum atomic E-state index is 12.1. The van der Waals surface area contributed by atoms with Crippen molar-refractivity contribution in [3.63, 3.8) is 0 Å². The van der Waals surface area contributed by atoms with Crippen molar-refractivity contribution < 1.29 is 14.4 Å². The molecule has 0 bridgehead atoms. The van der Waals surface area contributed by atoms with Gasteiger partial charge in [-0.15, -0.1) is 0 Å². The lowest BCUT2D eigenvalue weighted by atomic mass is 10.2. The van der Waals surface area contributed by atoms with Crippen molar-refractivity contribution in [3.8, 4) is 5.75 Å². The van der Waals surface area contributed by atoms with E-state index < -0.39 is 6.10 Å². The topological polar surface area (TPSA) is 59.9 Å². The first kappa shape index (κ1) is 17.5. The highest BCUT2D eigenvalue weighted by Gasteiger charge is 2.14. The molecule has 0 saturated heterocycles. The van der Waals surface area contributed by atoms with Crippen molar-refractivity contribution >= 4 is 17.8 Å². The van der Waals surface area contributed by atoms with E-state index in [4.69, 9.17) is 9.57 Å². The molecule has 0 heterocycles. The van der Waals surface area contributed by atoms with Crippen LogP contribution in [-0.4, -0.2) is 24.8 Å². The fourth-order valence-electron chi connectivity index (χ4n) is 2.01. The van der Waals surface area contributed by atoms with Crippen LogP contribution >= 0.6 is 0 Å². The molecule has 0 spiro atoms. The van der Waals surface area contributed by atoms with Crippen LogP contribution in [0.2, 0.25) is 0 Å². The second kappa shape index (κ2) is 8.72. The number of aryl methyl sites for hydroxylation is 1. The highest BCUT2D eigenvalue weighted by atomic mass is 16.6. The van der Waals surface area contributed by atoms with Gasteiger partial charge in [-0.1, -0.05) is 17.3 Å². The quantitative estimate of drug-likeness (QED) is 0.622. The maximum Gasteiger partial charge on any atom is 0.267 e. The van der Waals surface area contributed by atoms with Gasteiger partial charge in [-0.25, -0.2) is 0 Å². The van der Waals surface area contributed by atoms with Gasteiger partial charge >= 0.3 is 0 Å². The van der Waals surface area contributed by atoms with E-state index in [1.807, 2.05) is 62.4 Å². The van der Waals surface area contributed by atoms with Crippen LogP contribution in [-0.2, 0) is 9.63 Å². The average Bonchev–Trinajstić information content (AvgIpc) is 2.56. The van der Waals surface area contributed by atoms with Crippen LogP contribution in [0.15, 0.2) is 53.7 Å². The van der Waals surface area contributed by atoms with Gasteiger partial charge in [0.1, 0.15) is 5.75 Å². The van der Waals surface area contributed by atoms with Crippen LogP contribution in [0.25, 0.3) is 0 Å². The normalized spacial score (nSPS) is 12.0. The van der Waals surface area contributed by atoms with Crippen molar-refractivity contribution in [3.05, 3.63) is 59.7 Å². The largest absolute Gasteiger partial charge is 0.494 e. The average molecular weight is 326 g/mol. The molecule has 2 aromatic carbocycles. The molecular formula is C19H22N2O3. The predicted molar refractivity (Wildman–Crippen MR) is 95.6 cm³/mol. The number of hydrogen-bond donors (Lipinski definition) is 1. The van der Waals surface area contributed by atoms with E-state index in [0.29, 0.717) is 6.61 Å². The standard InChI is InChI=1S/C19H22N2O3/c1-4-23-18-10-8-16(9-11-18)13-20-24-15(3)19(22)21-17-7-5-6-14(2)12-17/h5-13,15H,4H2,1-3H3,(H,21,22)/t15-/m1/s1. The van der Waals surface area contributed by atoms with Gasteiger partial charge in [0.2, 0.25) is 6.10 Å². The molecule has 0 saturated carbocycles. The highest BCUT2D eigenvalue weighted by molar-refractivity contribution is 5.94. The molecule has 0 aliphatic rings. The summed E-state index contributed by atoms with van der Waals surface area (Å²) in [4.78, 5) is 17.3. The predicted octanol–water partition coefficient (Wildman–Crippen LogP) is 3.77. The summed E-state index contributed by atoms with van der Waals surface area (Å²) in [5, 5.41) is 6.67. The smallest absolute Gasteiger partial charge is 0.267 e. The number of anilines is 1. The molecule has 0 unspecified atom stereocenters. The molecule has 0 aliphatic carbocycles. The second-order valence-corrected chi connectivity index (χ2v) is 5.34. The number of rotatable bonds is 7. The number of carbonyl (C=O) groups excluding carboxylic acids is 1. The lowest BCUT2D eigenvalue weighted by Crippen LogP contribution is -2.26. The Balaban J connectivity index is 1.85. The molecule has 1 N–H and O–H groups in total. The second-order valence-electron chi connectivity index (χ2n) is 5.34. The van der Waals surface area contributed by atoms with Crippen LogP contribution in [0, 0.1) is 6.92 Å². The summed E-state index contributed by atoms with van der Waals surface area (Å²) in [6.07, 6.45) is 0.871. The Morgan fingerprint density at radius 3 is 2.67 bits per heavy atom. The molecule has 2 aromatic rings. The molecule has 1 amide bonds. The minimum Gasteiger partial charge on any atom is -0.494 e. The number of amides is 1. The Kier molecular flexibility index (Phi) is 6.37. The minimum absolute atomic E-state index is 0.246. The van der Waals surface area contributed by atoms with Gasteiger partial charge in [0.25, 0.3) is 5.91 Å². The Bertz CT molecular complexity index is 696. The third kappa shape index (κ3) is 5.43. The molecule has 24 heavy (non-hydrogen) atoms. The van der Waals surface area contributed by atoms with Crippen molar-refractivity contribution in [1.29, 1.82) is 0 Å². The number of nitrogens with zero attached hydrogens (tertiary/aromatic N) is 1. The molecule has 2 rings (SSSR count). The highest BCUT2D eigenvalue weighted by Crippen LogP contribution is 2.12. The van der Waals surface area contributed by atoms with Crippen LogP contribution in [0.4, 0.5) is 5.69 Å². The summed E-state index contributed by atoms with van der Waals surface area (Å²) in [7, 11) is 0. The number of carbonyl (C=O) groups is 1. The van der Waals surface area contributed by atoms with Gasteiger partial charge in [0.15, 0.2) is 0 Å². The Hall–Kier alpha value is -2.82. The van der Waals surface area contributed by atoms with Gasteiger partial charge in [-0.2, -0.15) is 0 Å². The number of ether oxygens (including phenoxy) is 1.